The van der Waals surface area contributed by atoms with E-state index in [9.17, 15) is 14.9 Å². The highest BCUT2D eigenvalue weighted by atomic mass is 35.5. The maximum atomic E-state index is 13.3. The predicted molar refractivity (Wildman–Crippen MR) is 125 cm³/mol. The average molecular weight is 466 g/mol. The second-order valence-corrected chi connectivity index (χ2v) is 7.71. The van der Waals surface area contributed by atoms with E-state index in [0.717, 1.165) is 5.56 Å². The third-order valence-electron chi connectivity index (χ3n) is 5.12. The van der Waals surface area contributed by atoms with Crippen LogP contribution in [0.5, 0.6) is 0 Å². The number of rotatable bonds is 6. The number of nitriles is 1. The van der Waals surface area contributed by atoms with Crippen molar-refractivity contribution in [2.24, 2.45) is 5.73 Å². The molecule has 1 heterocycles. The zero-order chi connectivity index (χ0) is 24.1. The summed E-state index contributed by atoms with van der Waals surface area (Å²) in [6.45, 7) is 5.38. The van der Waals surface area contributed by atoms with Gasteiger partial charge in [0.15, 0.2) is 0 Å². The van der Waals surface area contributed by atoms with Crippen LogP contribution >= 0.6 is 11.6 Å². The predicted octanol–water partition coefficient (Wildman–Crippen LogP) is 4.33. The maximum Gasteiger partial charge on any atom is 0.355 e. The van der Waals surface area contributed by atoms with E-state index < -0.39 is 17.9 Å². The van der Waals surface area contributed by atoms with E-state index in [4.69, 9.17) is 26.8 Å². The molecule has 0 aromatic heterocycles. The molecule has 0 radical (unpaired) electrons. The standard InChI is InChI=1S/C25H24ClN3O4/c1-4-32-24(30)21-20(16-9-11-17(26)12-10-16)19(14-27)23(28)29(22(21)25(31)33-5-2)18-8-6-7-15(3)13-18/h6-13,20H,4-5,28H2,1-3H3. The normalized spacial score (nSPS) is 15.8. The molecule has 0 fully saturated rings. The average Bonchev–Trinajstić information content (AvgIpc) is 2.79. The number of nitrogens with zero attached hydrogens (tertiary/aromatic N) is 2. The molecule has 0 amide bonds. The number of aryl methyl sites for hydroxylation is 1. The molecule has 2 N–H and O–H groups in total. The Bertz CT molecular complexity index is 1180. The molecule has 1 unspecified atom stereocenters. The highest BCUT2D eigenvalue weighted by molar-refractivity contribution is 6.30. The van der Waals surface area contributed by atoms with Gasteiger partial charge in [-0.05, 0) is 56.2 Å². The van der Waals surface area contributed by atoms with Crippen LogP contribution in [0.4, 0.5) is 5.69 Å². The highest BCUT2D eigenvalue weighted by Gasteiger charge is 2.43. The summed E-state index contributed by atoms with van der Waals surface area (Å²) in [4.78, 5) is 27.9. The first-order valence-electron chi connectivity index (χ1n) is 10.4. The van der Waals surface area contributed by atoms with E-state index in [1.807, 2.05) is 13.0 Å². The summed E-state index contributed by atoms with van der Waals surface area (Å²) in [7, 11) is 0. The number of ether oxygens (including phenoxy) is 2. The Morgan fingerprint density at radius 1 is 1.09 bits per heavy atom. The summed E-state index contributed by atoms with van der Waals surface area (Å²) in [5.74, 6) is -2.40. The molecule has 1 atom stereocenters. The Morgan fingerprint density at radius 3 is 2.30 bits per heavy atom. The lowest BCUT2D eigenvalue weighted by molar-refractivity contribution is -0.142. The molecule has 33 heavy (non-hydrogen) atoms. The first-order valence-corrected chi connectivity index (χ1v) is 10.8. The van der Waals surface area contributed by atoms with E-state index in [-0.39, 0.29) is 35.9 Å². The smallest absolute Gasteiger partial charge is 0.355 e. The van der Waals surface area contributed by atoms with Crippen molar-refractivity contribution < 1.29 is 19.1 Å². The molecule has 1 aliphatic heterocycles. The van der Waals surface area contributed by atoms with Crippen molar-refractivity contribution >= 4 is 29.2 Å². The summed E-state index contributed by atoms with van der Waals surface area (Å²) in [5.41, 5.74) is 8.47. The highest BCUT2D eigenvalue weighted by Crippen LogP contribution is 2.43. The number of carbonyl (C=O) groups excluding carboxylic acids is 2. The summed E-state index contributed by atoms with van der Waals surface area (Å²) in [6, 6.07) is 16.0. The lowest BCUT2D eigenvalue weighted by Crippen LogP contribution is -2.41. The van der Waals surface area contributed by atoms with Crippen LogP contribution in [-0.2, 0) is 19.1 Å². The fourth-order valence-corrected chi connectivity index (χ4v) is 3.89. The van der Waals surface area contributed by atoms with E-state index in [1.54, 1.807) is 56.3 Å². The third-order valence-corrected chi connectivity index (χ3v) is 5.37. The number of anilines is 1. The van der Waals surface area contributed by atoms with Crippen LogP contribution in [-0.4, -0.2) is 25.2 Å². The van der Waals surface area contributed by atoms with E-state index >= 15 is 0 Å². The van der Waals surface area contributed by atoms with Crippen LogP contribution in [0.2, 0.25) is 5.02 Å². The molecule has 0 saturated heterocycles. The number of halogens is 1. The zero-order valence-corrected chi connectivity index (χ0v) is 19.3. The fraction of sp³-hybridized carbons (Fsp3) is 0.240. The monoisotopic (exact) mass is 465 g/mol. The van der Waals surface area contributed by atoms with Gasteiger partial charge in [0.2, 0.25) is 0 Å². The lowest BCUT2D eigenvalue weighted by atomic mass is 9.81. The van der Waals surface area contributed by atoms with Gasteiger partial charge in [0, 0.05) is 10.7 Å². The Kier molecular flexibility index (Phi) is 7.41. The minimum Gasteiger partial charge on any atom is -0.463 e. The molecule has 2 aromatic carbocycles. The van der Waals surface area contributed by atoms with Crippen LogP contribution in [0.15, 0.2) is 71.2 Å². The van der Waals surface area contributed by atoms with Crippen LogP contribution in [0.25, 0.3) is 0 Å². The largest absolute Gasteiger partial charge is 0.463 e. The second-order valence-electron chi connectivity index (χ2n) is 7.27. The minimum atomic E-state index is -0.938. The Labute approximate surface area is 197 Å². The third kappa shape index (κ3) is 4.71. The van der Waals surface area contributed by atoms with Crippen LogP contribution < -0.4 is 10.6 Å². The fourth-order valence-electron chi connectivity index (χ4n) is 3.76. The maximum absolute atomic E-state index is 13.3. The lowest BCUT2D eigenvalue weighted by Gasteiger charge is -2.36. The summed E-state index contributed by atoms with van der Waals surface area (Å²) >= 11 is 6.05. The van der Waals surface area contributed by atoms with Crippen LogP contribution in [0.1, 0.15) is 30.9 Å². The van der Waals surface area contributed by atoms with Crippen molar-refractivity contribution in [3.63, 3.8) is 0 Å². The summed E-state index contributed by atoms with van der Waals surface area (Å²) in [5, 5.41) is 10.6. The molecular weight excluding hydrogens is 442 g/mol. The topological polar surface area (TPSA) is 106 Å². The van der Waals surface area contributed by atoms with Gasteiger partial charge in [-0.1, -0.05) is 35.9 Å². The molecule has 8 heteroatoms. The molecule has 0 saturated carbocycles. The first-order chi connectivity index (χ1) is 15.8. The quantitative estimate of drug-likeness (QED) is 0.633. The zero-order valence-electron chi connectivity index (χ0n) is 18.6. The van der Waals surface area contributed by atoms with Crippen LogP contribution in [0.3, 0.4) is 0 Å². The Morgan fingerprint density at radius 2 is 1.73 bits per heavy atom. The van der Waals surface area contributed by atoms with E-state index in [0.29, 0.717) is 16.3 Å². The molecule has 2 aromatic rings. The number of allylic oxidation sites excluding steroid dienone is 1. The van der Waals surface area contributed by atoms with Gasteiger partial charge in [0.25, 0.3) is 0 Å². The number of benzene rings is 2. The van der Waals surface area contributed by atoms with Crippen molar-refractivity contribution in [1.82, 2.24) is 0 Å². The molecular formula is C25H24ClN3O4. The van der Waals surface area contributed by atoms with Crippen molar-refractivity contribution in [3.05, 3.63) is 87.3 Å². The number of nitrogens with two attached hydrogens (primary N) is 1. The van der Waals surface area contributed by atoms with Crippen molar-refractivity contribution in [2.75, 3.05) is 18.1 Å². The van der Waals surface area contributed by atoms with Crippen molar-refractivity contribution in [2.45, 2.75) is 26.7 Å². The molecule has 0 bridgehead atoms. The molecule has 7 nitrogen and oxygen atoms in total. The Hall–Kier alpha value is -3.76. The molecule has 170 valence electrons. The summed E-state index contributed by atoms with van der Waals surface area (Å²) in [6.07, 6.45) is 0. The van der Waals surface area contributed by atoms with Gasteiger partial charge >= 0.3 is 11.9 Å². The minimum absolute atomic E-state index is 0.0233. The molecule has 0 spiro atoms. The number of carbonyl (C=O) groups is 2. The number of esters is 2. The van der Waals surface area contributed by atoms with Gasteiger partial charge in [-0.3, -0.25) is 4.90 Å². The van der Waals surface area contributed by atoms with E-state index in [2.05, 4.69) is 6.07 Å². The van der Waals surface area contributed by atoms with E-state index in [1.165, 1.54) is 4.90 Å². The number of hydrogen-bond acceptors (Lipinski definition) is 7. The second kappa shape index (κ2) is 10.2. The van der Waals surface area contributed by atoms with Gasteiger partial charge in [0.05, 0.1) is 36.3 Å². The molecule has 3 rings (SSSR count). The van der Waals surface area contributed by atoms with Gasteiger partial charge in [-0.2, -0.15) is 5.26 Å². The van der Waals surface area contributed by atoms with Gasteiger partial charge < -0.3 is 15.2 Å². The van der Waals surface area contributed by atoms with Gasteiger partial charge in [-0.25, -0.2) is 9.59 Å². The molecule has 1 aliphatic rings. The van der Waals surface area contributed by atoms with Gasteiger partial charge in [-0.15, -0.1) is 0 Å². The van der Waals surface area contributed by atoms with Crippen molar-refractivity contribution in [1.29, 1.82) is 5.26 Å². The number of hydrogen-bond donors (Lipinski definition) is 1. The van der Waals surface area contributed by atoms with Crippen LogP contribution in [0, 0.1) is 18.3 Å². The summed E-state index contributed by atoms with van der Waals surface area (Å²) < 4.78 is 10.6. The SMILES string of the molecule is CCOC(=O)C1=C(C(=O)OCC)N(c2cccc(C)c2)C(N)=C(C#N)C1c1ccc(Cl)cc1. The molecule has 0 aliphatic carbocycles. The first kappa shape index (κ1) is 23.9. The van der Waals surface area contributed by atoms with Gasteiger partial charge in [0.1, 0.15) is 11.5 Å². The van der Waals surface area contributed by atoms with Crippen molar-refractivity contribution in [3.8, 4) is 6.07 Å². The Balaban J connectivity index is 2.40.